The van der Waals surface area contributed by atoms with E-state index in [2.05, 4.69) is 26.0 Å². The van der Waals surface area contributed by atoms with E-state index in [1.165, 1.54) is 6.08 Å². The average molecular weight is 296 g/mol. The van der Waals surface area contributed by atoms with Crippen molar-refractivity contribution in [3.63, 3.8) is 0 Å². The van der Waals surface area contributed by atoms with Gasteiger partial charge in [-0.25, -0.2) is 4.79 Å². The Kier molecular flexibility index (Phi) is 5.26. The number of benzene rings is 1. The van der Waals surface area contributed by atoms with Gasteiger partial charge in [0.1, 0.15) is 0 Å². The van der Waals surface area contributed by atoms with Crippen molar-refractivity contribution < 1.29 is 9.53 Å². The molecule has 0 aliphatic rings. The highest BCUT2D eigenvalue weighted by molar-refractivity contribution is 9.10. The molecule has 0 saturated carbocycles. The van der Waals surface area contributed by atoms with E-state index in [-0.39, 0.29) is 5.97 Å². The molecule has 0 saturated heterocycles. The summed E-state index contributed by atoms with van der Waals surface area (Å²) in [6.07, 6.45) is 2.97. The van der Waals surface area contributed by atoms with E-state index in [0.29, 0.717) is 16.8 Å². The lowest BCUT2D eigenvalue weighted by molar-refractivity contribution is -0.137. The first-order valence-electron chi connectivity index (χ1n) is 4.87. The van der Waals surface area contributed by atoms with Gasteiger partial charge >= 0.3 is 5.97 Å². The van der Waals surface area contributed by atoms with E-state index in [9.17, 15) is 4.79 Å². The SMILES string of the molecule is CCOC(=O)/C=C/c1ccc(N=[N+]=[N-])c(Br)c1. The fraction of sp³-hybridized carbons (Fsp3) is 0.182. The van der Waals surface area contributed by atoms with Gasteiger partial charge in [0.15, 0.2) is 0 Å². The quantitative estimate of drug-likeness (QED) is 0.277. The van der Waals surface area contributed by atoms with Crippen molar-refractivity contribution in [1.29, 1.82) is 0 Å². The molecular formula is C11H10BrN3O2. The lowest BCUT2D eigenvalue weighted by atomic mass is 10.2. The van der Waals surface area contributed by atoms with Gasteiger partial charge in [0.2, 0.25) is 0 Å². The summed E-state index contributed by atoms with van der Waals surface area (Å²) in [5.74, 6) is -0.386. The van der Waals surface area contributed by atoms with Crippen molar-refractivity contribution in [3.05, 3.63) is 44.8 Å². The van der Waals surface area contributed by atoms with Crippen LogP contribution in [-0.2, 0) is 9.53 Å². The van der Waals surface area contributed by atoms with Gasteiger partial charge in [-0.1, -0.05) is 33.2 Å². The van der Waals surface area contributed by atoms with Gasteiger partial charge in [-0.15, -0.1) is 0 Å². The normalized spacial score (nSPS) is 10.0. The summed E-state index contributed by atoms with van der Waals surface area (Å²) >= 11 is 3.27. The summed E-state index contributed by atoms with van der Waals surface area (Å²) in [6.45, 7) is 2.10. The summed E-state index contributed by atoms with van der Waals surface area (Å²) in [4.78, 5) is 13.8. The Balaban J connectivity index is 2.84. The molecule has 0 aliphatic heterocycles. The van der Waals surface area contributed by atoms with Gasteiger partial charge in [0.05, 0.1) is 12.3 Å². The zero-order chi connectivity index (χ0) is 12.7. The second-order valence-corrected chi connectivity index (χ2v) is 3.84. The van der Waals surface area contributed by atoms with Crippen LogP contribution in [0.3, 0.4) is 0 Å². The zero-order valence-electron chi connectivity index (χ0n) is 9.13. The van der Waals surface area contributed by atoms with Crippen molar-refractivity contribution in [2.75, 3.05) is 6.61 Å². The molecule has 0 unspecified atom stereocenters. The zero-order valence-corrected chi connectivity index (χ0v) is 10.7. The first-order chi connectivity index (χ1) is 8.17. The molecule has 0 amide bonds. The topological polar surface area (TPSA) is 75.1 Å². The van der Waals surface area contributed by atoms with E-state index in [1.807, 2.05) is 0 Å². The number of hydrogen-bond acceptors (Lipinski definition) is 3. The second kappa shape index (κ2) is 6.73. The Hall–Kier alpha value is -1.78. The number of halogens is 1. The van der Waals surface area contributed by atoms with Crippen LogP contribution in [0.4, 0.5) is 5.69 Å². The third-order valence-corrected chi connectivity index (χ3v) is 2.46. The third-order valence-electron chi connectivity index (χ3n) is 1.82. The largest absolute Gasteiger partial charge is 0.463 e. The predicted molar refractivity (Wildman–Crippen MR) is 68.6 cm³/mol. The maximum absolute atomic E-state index is 11.1. The summed E-state index contributed by atoms with van der Waals surface area (Å²) in [5, 5.41) is 3.49. The van der Waals surface area contributed by atoms with Crippen LogP contribution >= 0.6 is 15.9 Å². The highest BCUT2D eigenvalue weighted by Crippen LogP contribution is 2.26. The summed E-state index contributed by atoms with van der Waals surface area (Å²) in [6, 6.07) is 5.15. The highest BCUT2D eigenvalue weighted by atomic mass is 79.9. The fourth-order valence-corrected chi connectivity index (χ4v) is 1.59. The van der Waals surface area contributed by atoms with E-state index in [1.54, 1.807) is 31.2 Å². The van der Waals surface area contributed by atoms with Crippen LogP contribution in [0.5, 0.6) is 0 Å². The van der Waals surface area contributed by atoms with Crippen LogP contribution in [0.15, 0.2) is 33.9 Å². The van der Waals surface area contributed by atoms with Crippen LogP contribution < -0.4 is 0 Å². The number of carbonyl (C=O) groups is 1. The number of ether oxygens (including phenoxy) is 1. The van der Waals surface area contributed by atoms with Gasteiger partial charge in [0, 0.05) is 15.5 Å². The average Bonchev–Trinajstić information content (AvgIpc) is 2.30. The maximum atomic E-state index is 11.1. The third kappa shape index (κ3) is 4.30. The molecule has 0 fully saturated rings. The van der Waals surface area contributed by atoms with Gasteiger partial charge < -0.3 is 4.74 Å². The van der Waals surface area contributed by atoms with Crippen molar-refractivity contribution >= 4 is 33.7 Å². The molecule has 17 heavy (non-hydrogen) atoms. The lowest BCUT2D eigenvalue weighted by Gasteiger charge is -1.99. The first-order valence-corrected chi connectivity index (χ1v) is 5.66. The van der Waals surface area contributed by atoms with Gasteiger partial charge in [-0.3, -0.25) is 0 Å². The Morgan fingerprint density at radius 1 is 1.65 bits per heavy atom. The van der Waals surface area contributed by atoms with Crippen molar-refractivity contribution in [3.8, 4) is 0 Å². The van der Waals surface area contributed by atoms with Crippen LogP contribution in [0.1, 0.15) is 12.5 Å². The summed E-state index contributed by atoms with van der Waals surface area (Å²) in [5.41, 5.74) is 9.62. The molecule has 5 nitrogen and oxygen atoms in total. The molecule has 1 aromatic rings. The summed E-state index contributed by atoms with van der Waals surface area (Å²) in [7, 11) is 0. The standard InChI is InChI=1S/C11H10BrN3O2/c1-2-17-11(16)6-4-8-3-5-10(14-15-13)9(12)7-8/h3-7H,2H2,1H3/b6-4+. The number of nitrogens with zero attached hydrogens (tertiary/aromatic N) is 3. The highest BCUT2D eigenvalue weighted by Gasteiger charge is 1.98. The molecule has 0 heterocycles. The molecule has 1 aromatic carbocycles. The smallest absolute Gasteiger partial charge is 0.330 e. The number of carbonyl (C=O) groups excluding carboxylic acids is 1. The van der Waals surface area contributed by atoms with E-state index < -0.39 is 0 Å². The van der Waals surface area contributed by atoms with Gasteiger partial charge in [-0.05, 0) is 30.2 Å². The molecular weight excluding hydrogens is 286 g/mol. The molecule has 0 aliphatic carbocycles. The molecule has 0 N–H and O–H groups in total. The molecule has 0 atom stereocenters. The van der Waals surface area contributed by atoms with E-state index in [0.717, 1.165) is 5.56 Å². The number of rotatable bonds is 4. The van der Waals surface area contributed by atoms with Crippen molar-refractivity contribution in [1.82, 2.24) is 0 Å². The Morgan fingerprint density at radius 3 is 3.00 bits per heavy atom. The molecule has 6 heteroatoms. The van der Waals surface area contributed by atoms with Gasteiger partial charge in [-0.2, -0.15) is 0 Å². The Morgan fingerprint density at radius 2 is 2.41 bits per heavy atom. The second-order valence-electron chi connectivity index (χ2n) is 2.99. The van der Waals surface area contributed by atoms with E-state index in [4.69, 9.17) is 10.3 Å². The van der Waals surface area contributed by atoms with Crippen molar-refractivity contribution in [2.24, 2.45) is 5.11 Å². The summed E-state index contributed by atoms with van der Waals surface area (Å²) < 4.78 is 5.42. The Labute approximate surface area is 107 Å². The number of esters is 1. The first kappa shape index (κ1) is 13.3. The molecule has 0 radical (unpaired) electrons. The molecule has 0 aromatic heterocycles. The lowest BCUT2D eigenvalue weighted by Crippen LogP contribution is -1.98. The van der Waals surface area contributed by atoms with Crippen molar-refractivity contribution in [2.45, 2.75) is 6.92 Å². The Bertz CT molecular complexity index is 493. The van der Waals surface area contributed by atoms with Gasteiger partial charge in [0.25, 0.3) is 0 Å². The minimum Gasteiger partial charge on any atom is -0.463 e. The fourth-order valence-electron chi connectivity index (χ4n) is 1.11. The minimum absolute atomic E-state index is 0.350. The molecule has 88 valence electrons. The molecule has 0 bridgehead atoms. The van der Waals surface area contributed by atoms with Crippen LogP contribution in [0, 0.1) is 0 Å². The van der Waals surface area contributed by atoms with E-state index >= 15 is 0 Å². The predicted octanol–water partition coefficient (Wildman–Crippen LogP) is 3.97. The van der Waals surface area contributed by atoms with Crippen LogP contribution in [0.25, 0.3) is 16.5 Å². The molecule has 0 spiro atoms. The van der Waals surface area contributed by atoms with Crippen LogP contribution in [0.2, 0.25) is 0 Å². The minimum atomic E-state index is -0.386. The number of hydrogen-bond donors (Lipinski definition) is 0. The number of azide groups is 1. The maximum Gasteiger partial charge on any atom is 0.330 e. The monoisotopic (exact) mass is 295 g/mol. The molecule has 1 rings (SSSR count). The van der Waals surface area contributed by atoms with Crippen LogP contribution in [-0.4, -0.2) is 12.6 Å².